The van der Waals surface area contributed by atoms with E-state index in [-0.39, 0.29) is 6.42 Å². The molecule has 1 aliphatic carbocycles. The van der Waals surface area contributed by atoms with Gasteiger partial charge in [-0.15, -0.1) is 0 Å². The minimum atomic E-state index is -0.814. The molecule has 2 N–H and O–H groups in total. The van der Waals surface area contributed by atoms with E-state index in [0.29, 0.717) is 11.4 Å². The van der Waals surface area contributed by atoms with Crippen molar-refractivity contribution >= 4 is 11.8 Å². The molecule has 1 aromatic heterocycles. The van der Waals surface area contributed by atoms with Gasteiger partial charge >= 0.3 is 5.97 Å². The molecule has 0 bridgehead atoms. The summed E-state index contributed by atoms with van der Waals surface area (Å²) in [6.07, 6.45) is 4.82. The van der Waals surface area contributed by atoms with E-state index in [9.17, 15) is 4.79 Å². The number of nitriles is 1. The van der Waals surface area contributed by atoms with Crippen LogP contribution in [-0.2, 0) is 4.79 Å². The molecule has 0 aromatic carbocycles. The third-order valence-corrected chi connectivity index (χ3v) is 3.84. The summed E-state index contributed by atoms with van der Waals surface area (Å²) in [6, 6.07) is 5.62. The van der Waals surface area contributed by atoms with E-state index in [1.807, 2.05) is 6.92 Å². The number of carboxylic acids is 1. The highest BCUT2D eigenvalue weighted by molar-refractivity contribution is 5.70. The lowest BCUT2D eigenvalue weighted by Gasteiger charge is -2.37. The number of hydrogen-bond donors (Lipinski definition) is 2. The normalized spacial score (nSPS) is 17.2. The van der Waals surface area contributed by atoms with Gasteiger partial charge in [-0.1, -0.05) is 19.3 Å². The van der Waals surface area contributed by atoms with E-state index in [1.165, 1.54) is 0 Å². The largest absolute Gasteiger partial charge is 0.481 e. The zero-order valence-electron chi connectivity index (χ0n) is 11.6. The van der Waals surface area contributed by atoms with Gasteiger partial charge in [0.1, 0.15) is 11.9 Å². The molecule has 0 unspecified atom stereocenters. The van der Waals surface area contributed by atoms with Gasteiger partial charge in [-0.05, 0) is 31.9 Å². The zero-order chi connectivity index (χ0) is 14.6. The quantitative estimate of drug-likeness (QED) is 0.881. The predicted octanol–water partition coefficient (Wildman–Crippen LogP) is 2.85. The third-order valence-electron chi connectivity index (χ3n) is 3.84. The second kappa shape index (κ2) is 5.91. The number of carboxylic acid groups (broad SMARTS) is 1. The Morgan fingerprint density at radius 1 is 1.45 bits per heavy atom. The van der Waals surface area contributed by atoms with E-state index >= 15 is 0 Å². The number of hydrogen-bond acceptors (Lipinski definition) is 4. The molecule has 1 aromatic rings. The summed E-state index contributed by atoms with van der Waals surface area (Å²) < 4.78 is 0. The van der Waals surface area contributed by atoms with Gasteiger partial charge in [-0.25, -0.2) is 4.98 Å². The van der Waals surface area contributed by atoms with Crippen LogP contribution in [0, 0.1) is 18.3 Å². The lowest BCUT2D eigenvalue weighted by atomic mass is 9.79. The highest BCUT2D eigenvalue weighted by Gasteiger charge is 2.35. The number of aryl methyl sites for hydroxylation is 1. The average Bonchev–Trinajstić information content (AvgIpc) is 2.39. The van der Waals surface area contributed by atoms with Crippen molar-refractivity contribution in [3.05, 3.63) is 23.4 Å². The first kappa shape index (κ1) is 14.3. The smallest absolute Gasteiger partial charge is 0.305 e. The van der Waals surface area contributed by atoms with Gasteiger partial charge in [0.15, 0.2) is 0 Å². The molecule has 5 nitrogen and oxygen atoms in total. The summed E-state index contributed by atoms with van der Waals surface area (Å²) in [7, 11) is 0. The summed E-state index contributed by atoms with van der Waals surface area (Å²) in [6.45, 7) is 1.86. The summed E-state index contributed by atoms with van der Waals surface area (Å²) in [5, 5.41) is 21.6. The van der Waals surface area contributed by atoms with E-state index < -0.39 is 11.5 Å². The molecule has 106 valence electrons. The fourth-order valence-electron chi connectivity index (χ4n) is 2.86. The van der Waals surface area contributed by atoms with Gasteiger partial charge in [0.2, 0.25) is 0 Å². The Kier molecular flexibility index (Phi) is 4.23. The van der Waals surface area contributed by atoms with Crippen molar-refractivity contribution in [2.75, 3.05) is 5.32 Å². The molecule has 0 atom stereocenters. The highest BCUT2D eigenvalue weighted by atomic mass is 16.4. The van der Waals surface area contributed by atoms with Crippen molar-refractivity contribution in [2.24, 2.45) is 0 Å². The Bertz CT molecular complexity index is 543. The first-order chi connectivity index (χ1) is 9.54. The Morgan fingerprint density at radius 2 is 2.15 bits per heavy atom. The number of aliphatic carboxylic acids is 1. The number of aromatic nitrogens is 1. The van der Waals surface area contributed by atoms with Crippen molar-refractivity contribution in [1.82, 2.24) is 4.98 Å². The lowest BCUT2D eigenvalue weighted by Crippen LogP contribution is -2.42. The van der Waals surface area contributed by atoms with Crippen LogP contribution in [0.1, 0.15) is 49.8 Å². The monoisotopic (exact) mass is 273 g/mol. The van der Waals surface area contributed by atoms with Crippen molar-refractivity contribution in [3.63, 3.8) is 0 Å². The SMILES string of the molecule is Cc1ccc(C#N)c(NC2(CC(=O)O)CCCCC2)n1. The Labute approximate surface area is 118 Å². The van der Waals surface area contributed by atoms with Crippen molar-refractivity contribution in [1.29, 1.82) is 5.26 Å². The molecule has 5 heteroatoms. The first-order valence-corrected chi connectivity index (χ1v) is 6.92. The molecule has 0 radical (unpaired) electrons. The molecule has 1 heterocycles. The molecule has 0 aliphatic heterocycles. The van der Waals surface area contributed by atoms with Crippen molar-refractivity contribution < 1.29 is 9.90 Å². The van der Waals surface area contributed by atoms with Crippen LogP contribution in [0.5, 0.6) is 0 Å². The number of carbonyl (C=O) groups is 1. The van der Waals surface area contributed by atoms with Gasteiger partial charge in [0.25, 0.3) is 0 Å². The van der Waals surface area contributed by atoms with Crippen LogP contribution >= 0.6 is 0 Å². The van der Waals surface area contributed by atoms with E-state index in [0.717, 1.165) is 37.8 Å². The van der Waals surface area contributed by atoms with Gasteiger partial charge in [-0.3, -0.25) is 4.79 Å². The van der Waals surface area contributed by atoms with Crippen LogP contribution in [0.2, 0.25) is 0 Å². The maximum absolute atomic E-state index is 11.2. The highest BCUT2D eigenvalue weighted by Crippen LogP contribution is 2.34. The number of anilines is 1. The minimum Gasteiger partial charge on any atom is -0.481 e. The number of rotatable bonds is 4. The molecular weight excluding hydrogens is 254 g/mol. The van der Waals surface area contributed by atoms with Gasteiger partial charge in [0, 0.05) is 11.2 Å². The molecule has 20 heavy (non-hydrogen) atoms. The fraction of sp³-hybridized carbons (Fsp3) is 0.533. The summed E-state index contributed by atoms with van der Waals surface area (Å²) in [4.78, 5) is 15.5. The van der Waals surface area contributed by atoms with Crippen LogP contribution < -0.4 is 5.32 Å². The van der Waals surface area contributed by atoms with Gasteiger partial charge in [0.05, 0.1) is 12.0 Å². The van der Waals surface area contributed by atoms with E-state index in [1.54, 1.807) is 12.1 Å². The molecule has 1 saturated carbocycles. The molecule has 1 fully saturated rings. The van der Waals surface area contributed by atoms with Gasteiger partial charge in [-0.2, -0.15) is 5.26 Å². The topological polar surface area (TPSA) is 86.0 Å². The molecule has 1 aliphatic rings. The van der Waals surface area contributed by atoms with Crippen LogP contribution in [0.15, 0.2) is 12.1 Å². The molecule has 0 spiro atoms. The average molecular weight is 273 g/mol. The van der Waals surface area contributed by atoms with Crippen molar-refractivity contribution in [3.8, 4) is 6.07 Å². The third kappa shape index (κ3) is 3.27. The Hall–Kier alpha value is -2.09. The molecule has 0 amide bonds. The maximum Gasteiger partial charge on any atom is 0.305 e. The standard InChI is InChI=1S/C15H19N3O2/c1-11-5-6-12(10-16)14(17-11)18-15(9-13(19)20)7-3-2-4-8-15/h5-6H,2-4,7-9H2,1H3,(H,17,18)(H,19,20). The second-order valence-electron chi connectivity index (χ2n) is 5.50. The Balaban J connectivity index is 2.30. The summed E-state index contributed by atoms with van der Waals surface area (Å²) in [5.41, 5.74) is 0.801. The molecule has 2 rings (SSSR count). The number of nitrogens with zero attached hydrogens (tertiary/aromatic N) is 2. The first-order valence-electron chi connectivity index (χ1n) is 6.92. The Morgan fingerprint density at radius 3 is 2.75 bits per heavy atom. The van der Waals surface area contributed by atoms with E-state index in [4.69, 9.17) is 10.4 Å². The van der Waals surface area contributed by atoms with Crippen molar-refractivity contribution in [2.45, 2.75) is 51.0 Å². The summed E-state index contributed by atoms with van der Waals surface area (Å²) >= 11 is 0. The fourth-order valence-corrected chi connectivity index (χ4v) is 2.86. The second-order valence-corrected chi connectivity index (χ2v) is 5.50. The van der Waals surface area contributed by atoms with Crippen LogP contribution in [0.25, 0.3) is 0 Å². The summed E-state index contributed by atoms with van der Waals surface area (Å²) in [5.74, 6) is -0.304. The zero-order valence-corrected chi connectivity index (χ0v) is 11.6. The van der Waals surface area contributed by atoms with Gasteiger partial charge < -0.3 is 10.4 Å². The van der Waals surface area contributed by atoms with E-state index in [2.05, 4.69) is 16.4 Å². The molecule has 0 saturated heterocycles. The minimum absolute atomic E-state index is 0.0630. The maximum atomic E-state index is 11.2. The lowest BCUT2D eigenvalue weighted by molar-refractivity contribution is -0.138. The van der Waals surface area contributed by atoms with Crippen LogP contribution in [0.4, 0.5) is 5.82 Å². The van der Waals surface area contributed by atoms with Crippen LogP contribution in [-0.4, -0.2) is 21.6 Å². The number of nitrogens with one attached hydrogen (secondary N) is 1. The number of pyridine rings is 1. The van der Waals surface area contributed by atoms with Crippen LogP contribution in [0.3, 0.4) is 0 Å². The predicted molar refractivity (Wildman–Crippen MR) is 75.4 cm³/mol. The molecular formula is C15H19N3O2.